The summed E-state index contributed by atoms with van der Waals surface area (Å²) in [7, 11) is 0. The Morgan fingerprint density at radius 2 is 2.00 bits per heavy atom. The first-order valence-corrected chi connectivity index (χ1v) is 7.56. The fraction of sp³-hybridized carbons (Fsp3) is 0.923. The van der Waals surface area contributed by atoms with E-state index in [1.54, 1.807) is 0 Å². The molecule has 2 nitrogen and oxygen atoms in total. The van der Waals surface area contributed by atoms with Gasteiger partial charge in [-0.25, -0.2) is 0 Å². The van der Waals surface area contributed by atoms with Gasteiger partial charge < -0.3 is 5.32 Å². The molecule has 0 aliphatic heterocycles. The summed E-state index contributed by atoms with van der Waals surface area (Å²) < 4.78 is 0. The van der Waals surface area contributed by atoms with Crippen molar-refractivity contribution in [2.75, 3.05) is 11.8 Å². The van der Waals surface area contributed by atoms with E-state index in [2.05, 4.69) is 5.32 Å². The van der Waals surface area contributed by atoms with E-state index < -0.39 is 5.54 Å². The van der Waals surface area contributed by atoms with Crippen LogP contribution < -0.4 is 5.32 Å². The second-order valence-electron chi connectivity index (χ2n) is 6.02. The van der Waals surface area contributed by atoms with Gasteiger partial charge in [-0.2, -0.15) is 0 Å². The van der Waals surface area contributed by atoms with Gasteiger partial charge in [-0.3, -0.25) is 4.79 Å². The van der Waals surface area contributed by atoms with Gasteiger partial charge in [-0.1, -0.05) is 6.42 Å². The Hall–Kier alpha value is 0.0500. The lowest BCUT2D eigenvalue weighted by molar-refractivity contribution is -0.123. The summed E-state index contributed by atoms with van der Waals surface area (Å²) in [5.74, 6) is 3.13. The van der Waals surface area contributed by atoms with E-state index in [9.17, 15) is 4.79 Å². The van der Waals surface area contributed by atoms with Crippen molar-refractivity contribution in [3.63, 3.8) is 0 Å². The van der Waals surface area contributed by atoms with Gasteiger partial charge in [-0.05, 0) is 43.9 Å². The van der Waals surface area contributed by atoms with Crippen molar-refractivity contribution >= 4 is 29.1 Å². The number of fused-ring (bicyclic) bond motifs is 2. The van der Waals surface area contributed by atoms with E-state index in [1.807, 2.05) is 6.92 Å². The minimum Gasteiger partial charge on any atom is -0.349 e. The molecule has 0 aromatic carbocycles. The summed E-state index contributed by atoms with van der Waals surface area (Å²) in [5.41, 5.74) is -0.461. The molecule has 2 bridgehead atoms. The highest BCUT2D eigenvalue weighted by molar-refractivity contribution is 6.22. The molecule has 4 heteroatoms. The van der Waals surface area contributed by atoms with Crippen LogP contribution in [0.4, 0.5) is 0 Å². The summed E-state index contributed by atoms with van der Waals surface area (Å²) >= 11 is 11.7. The normalized spacial score (nSPS) is 31.8. The zero-order valence-electron chi connectivity index (χ0n) is 10.3. The van der Waals surface area contributed by atoms with Crippen molar-refractivity contribution in [2.24, 2.45) is 17.8 Å². The second kappa shape index (κ2) is 5.36. The van der Waals surface area contributed by atoms with Crippen LogP contribution in [0.2, 0.25) is 0 Å². The third kappa shape index (κ3) is 3.08. The molecule has 0 radical (unpaired) electrons. The maximum Gasteiger partial charge on any atom is 0.220 e. The monoisotopic (exact) mass is 277 g/mol. The first kappa shape index (κ1) is 13.5. The minimum atomic E-state index is -0.461. The summed E-state index contributed by atoms with van der Waals surface area (Å²) in [6.07, 6.45) is 5.95. The van der Waals surface area contributed by atoms with Crippen molar-refractivity contribution in [3.05, 3.63) is 0 Å². The van der Waals surface area contributed by atoms with Crippen LogP contribution in [0, 0.1) is 17.8 Å². The standard InChI is InChI=1S/C13H21Cl2NO/c1-13(7-14,8-15)16-12(17)6-11-5-9-2-3-10(11)4-9/h9-11H,2-8H2,1H3,(H,16,17). The molecule has 2 rings (SSSR count). The molecule has 0 aromatic rings. The number of halogens is 2. The fourth-order valence-electron chi connectivity index (χ4n) is 3.35. The van der Waals surface area contributed by atoms with Gasteiger partial charge in [0.25, 0.3) is 0 Å². The Morgan fingerprint density at radius 3 is 2.47 bits per heavy atom. The van der Waals surface area contributed by atoms with Crippen molar-refractivity contribution in [1.82, 2.24) is 5.32 Å². The van der Waals surface area contributed by atoms with Gasteiger partial charge in [0.2, 0.25) is 5.91 Å². The average molecular weight is 278 g/mol. The lowest BCUT2D eigenvalue weighted by atomic mass is 9.86. The molecule has 1 amide bonds. The smallest absolute Gasteiger partial charge is 0.220 e. The number of carbonyl (C=O) groups is 1. The molecule has 0 aromatic heterocycles. The summed E-state index contributed by atoms with van der Waals surface area (Å²) in [6, 6.07) is 0. The molecule has 2 aliphatic rings. The Bertz CT molecular complexity index is 291. The van der Waals surface area contributed by atoms with Gasteiger partial charge in [-0.15, -0.1) is 23.2 Å². The summed E-state index contributed by atoms with van der Waals surface area (Å²) in [5, 5.41) is 2.98. The molecule has 17 heavy (non-hydrogen) atoms. The highest BCUT2D eigenvalue weighted by atomic mass is 35.5. The van der Waals surface area contributed by atoms with Crippen molar-refractivity contribution in [3.8, 4) is 0 Å². The Kier molecular flexibility index (Phi) is 4.25. The number of alkyl halides is 2. The molecule has 0 heterocycles. The van der Waals surface area contributed by atoms with Crippen molar-refractivity contribution in [2.45, 2.75) is 44.6 Å². The third-order valence-electron chi connectivity index (χ3n) is 4.36. The highest BCUT2D eigenvalue weighted by Crippen LogP contribution is 2.49. The molecule has 0 saturated heterocycles. The predicted octanol–water partition coefficient (Wildman–Crippen LogP) is 3.17. The van der Waals surface area contributed by atoms with E-state index in [-0.39, 0.29) is 5.91 Å². The number of hydrogen-bond donors (Lipinski definition) is 1. The van der Waals surface area contributed by atoms with E-state index in [4.69, 9.17) is 23.2 Å². The molecular formula is C13H21Cl2NO. The molecule has 98 valence electrons. The van der Waals surface area contributed by atoms with Crippen LogP contribution >= 0.6 is 23.2 Å². The van der Waals surface area contributed by atoms with Crippen molar-refractivity contribution < 1.29 is 4.79 Å². The molecule has 2 saturated carbocycles. The molecule has 2 fully saturated rings. The van der Waals surface area contributed by atoms with Crippen LogP contribution in [-0.4, -0.2) is 23.2 Å². The van der Waals surface area contributed by atoms with E-state index >= 15 is 0 Å². The van der Waals surface area contributed by atoms with Gasteiger partial charge in [0.05, 0.1) is 5.54 Å². The first-order chi connectivity index (χ1) is 8.06. The SMILES string of the molecule is CC(CCl)(CCl)NC(=O)CC1CC2CCC1C2. The highest BCUT2D eigenvalue weighted by Gasteiger charge is 2.40. The lowest BCUT2D eigenvalue weighted by Gasteiger charge is -2.28. The Balaban J connectivity index is 1.81. The van der Waals surface area contributed by atoms with Crippen LogP contribution in [0.5, 0.6) is 0 Å². The second-order valence-corrected chi connectivity index (χ2v) is 6.55. The molecular weight excluding hydrogens is 257 g/mol. The van der Waals surface area contributed by atoms with Crippen LogP contribution in [0.25, 0.3) is 0 Å². The maximum absolute atomic E-state index is 12.0. The maximum atomic E-state index is 12.0. The third-order valence-corrected chi connectivity index (χ3v) is 5.54. The fourth-order valence-corrected chi connectivity index (χ4v) is 3.77. The van der Waals surface area contributed by atoms with Crippen LogP contribution in [0.15, 0.2) is 0 Å². The predicted molar refractivity (Wildman–Crippen MR) is 71.5 cm³/mol. The molecule has 3 unspecified atom stereocenters. The van der Waals surface area contributed by atoms with Crippen molar-refractivity contribution in [1.29, 1.82) is 0 Å². The van der Waals surface area contributed by atoms with Crippen LogP contribution in [0.3, 0.4) is 0 Å². The summed E-state index contributed by atoms with van der Waals surface area (Å²) in [4.78, 5) is 12.0. The minimum absolute atomic E-state index is 0.117. The molecule has 2 aliphatic carbocycles. The van der Waals surface area contributed by atoms with Crippen LogP contribution in [-0.2, 0) is 4.79 Å². The zero-order chi connectivity index (χ0) is 12.5. The Labute approximate surface area is 113 Å². The van der Waals surface area contributed by atoms with E-state index in [0.717, 1.165) is 11.8 Å². The van der Waals surface area contributed by atoms with Gasteiger partial charge in [0.1, 0.15) is 0 Å². The number of rotatable bonds is 5. The number of amides is 1. The summed E-state index contributed by atoms with van der Waals surface area (Å²) in [6.45, 7) is 1.89. The van der Waals surface area contributed by atoms with E-state index in [1.165, 1.54) is 25.7 Å². The first-order valence-electron chi connectivity index (χ1n) is 6.49. The molecule has 1 N–H and O–H groups in total. The molecule has 3 atom stereocenters. The lowest BCUT2D eigenvalue weighted by Crippen LogP contribution is -2.49. The number of hydrogen-bond acceptors (Lipinski definition) is 1. The van der Waals surface area contributed by atoms with Gasteiger partial charge in [0.15, 0.2) is 0 Å². The topological polar surface area (TPSA) is 29.1 Å². The van der Waals surface area contributed by atoms with E-state index in [0.29, 0.717) is 24.1 Å². The number of carbonyl (C=O) groups excluding carboxylic acids is 1. The zero-order valence-corrected chi connectivity index (χ0v) is 11.9. The Morgan fingerprint density at radius 1 is 1.29 bits per heavy atom. The number of nitrogens with one attached hydrogen (secondary N) is 1. The average Bonchev–Trinajstić information content (AvgIpc) is 2.90. The largest absolute Gasteiger partial charge is 0.349 e. The molecule has 0 spiro atoms. The quantitative estimate of drug-likeness (QED) is 0.769. The van der Waals surface area contributed by atoms with Gasteiger partial charge in [0, 0.05) is 18.2 Å². The van der Waals surface area contributed by atoms with Crippen LogP contribution in [0.1, 0.15) is 39.0 Å². The van der Waals surface area contributed by atoms with Gasteiger partial charge >= 0.3 is 0 Å².